The molecule has 0 amide bonds. The molecule has 0 spiro atoms. The van der Waals surface area contributed by atoms with Crippen LogP contribution in [-0.4, -0.2) is 47.6 Å². The summed E-state index contributed by atoms with van der Waals surface area (Å²) in [7, 11) is 0. The Kier molecular flexibility index (Phi) is 3.53. The number of nitrogens with two attached hydrogens (primary N) is 1. The first-order chi connectivity index (χ1) is 6.40. The van der Waals surface area contributed by atoms with E-state index in [1.165, 1.54) is 0 Å². The summed E-state index contributed by atoms with van der Waals surface area (Å²) >= 11 is 0. The second kappa shape index (κ2) is 4.14. The van der Waals surface area contributed by atoms with Crippen LogP contribution in [0, 0.1) is 0 Å². The molecule has 0 aliphatic carbocycles. The highest BCUT2D eigenvalue weighted by atomic mass is 16.5. The summed E-state index contributed by atoms with van der Waals surface area (Å²) in [6.45, 7) is 8.59. The lowest BCUT2D eigenvalue weighted by Gasteiger charge is -2.50. The van der Waals surface area contributed by atoms with Crippen LogP contribution in [0.5, 0.6) is 0 Å². The Morgan fingerprint density at radius 2 is 2.21 bits per heavy atom. The van der Waals surface area contributed by atoms with Crippen molar-refractivity contribution >= 4 is 0 Å². The van der Waals surface area contributed by atoms with Gasteiger partial charge in [-0.15, -0.1) is 0 Å². The second-order valence-electron chi connectivity index (χ2n) is 4.85. The summed E-state index contributed by atoms with van der Waals surface area (Å²) in [6.07, 6.45) is 0.594. The molecule has 1 aliphatic rings. The molecule has 0 bridgehead atoms. The molecule has 4 heteroatoms. The van der Waals surface area contributed by atoms with Gasteiger partial charge >= 0.3 is 0 Å². The summed E-state index contributed by atoms with van der Waals surface area (Å²) < 4.78 is 5.43. The Morgan fingerprint density at radius 1 is 1.57 bits per heavy atom. The largest absolute Gasteiger partial charge is 0.396 e. The van der Waals surface area contributed by atoms with Crippen LogP contribution >= 0.6 is 0 Å². The monoisotopic (exact) mass is 202 g/mol. The van der Waals surface area contributed by atoms with Crippen LogP contribution in [0.1, 0.15) is 27.2 Å². The maximum Gasteiger partial charge on any atom is 0.0686 e. The molecule has 1 atom stereocenters. The van der Waals surface area contributed by atoms with Gasteiger partial charge in [0.05, 0.1) is 18.9 Å². The van der Waals surface area contributed by atoms with Crippen LogP contribution in [0.2, 0.25) is 0 Å². The van der Waals surface area contributed by atoms with Crippen LogP contribution < -0.4 is 5.73 Å². The van der Waals surface area contributed by atoms with Crippen LogP contribution in [0.3, 0.4) is 0 Å². The zero-order valence-corrected chi connectivity index (χ0v) is 9.42. The van der Waals surface area contributed by atoms with Crippen molar-refractivity contribution in [2.24, 2.45) is 5.73 Å². The maximum atomic E-state index is 8.96. The summed E-state index contributed by atoms with van der Waals surface area (Å²) in [5, 5.41) is 8.96. The minimum atomic E-state index is -0.442. The number of hydrogen-bond donors (Lipinski definition) is 2. The fourth-order valence-corrected chi connectivity index (χ4v) is 2.17. The van der Waals surface area contributed by atoms with Gasteiger partial charge in [-0.05, 0) is 20.8 Å². The van der Waals surface area contributed by atoms with E-state index < -0.39 is 5.66 Å². The Labute approximate surface area is 86.0 Å². The molecule has 1 fully saturated rings. The summed E-state index contributed by atoms with van der Waals surface area (Å²) in [5.41, 5.74) is 5.70. The van der Waals surface area contributed by atoms with Crippen molar-refractivity contribution < 1.29 is 9.84 Å². The molecular formula is C10H22N2O2. The van der Waals surface area contributed by atoms with Gasteiger partial charge in [0.1, 0.15) is 0 Å². The molecule has 0 radical (unpaired) electrons. The fourth-order valence-electron chi connectivity index (χ4n) is 2.17. The van der Waals surface area contributed by atoms with Crippen LogP contribution in [-0.2, 0) is 4.74 Å². The van der Waals surface area contributed by atoms with Gasteiger partial charge in [-0.2, -0.15) is 0 Å². The number of hydrogen-bond acceptors (Lipinski definition) is 4. The molecule has 3 N–H and O–H groups in total. The Morgan fingerprint density at radius 3 is 2.71 bits per heavy atom. The predicted molar refractivity (Wildman–Crippen MR) is 55.9 cm³/mol. The van der Waals surface area contributed by atoms with E-state index >= 15 is 0 Å². The van der Waals surface area contributed by atoms with E-state index in [2.05, 4.69) is 18.7 Å². The second-order valence-corrected chi connectivity index (χ2v) is 4.85. The molecule has 14 heavy (non-hydrogen) atoms. The first kappa shape index (κ1) is 11.9. The third kappa shape index (κ3) is 2.45. The van der Waals surface area contributed by atoms with Crippen LogP contribution in [0.4, 0.5) is 0 Å². The SMILES string of the molecule is CC1(C)COCCN1C(C)(N)CCO. The molecule has 1 unspecified atom stereocenters. The van der Waals surface area contributed by atoms with Gasteiger partial charge in [0.2, 0.25) is 0 Å². The van der Waals surface area contributed by atoms with Crippen molar-refractivity contribution in [3.05, 3.63) is 0 Å². The molecule has 0 aromatic carbocycles. The van der Waals surface area contributed by atoms with Crippen molar-refractivity contribution in [2.45, 2.75) is 38.4 Å². The molecule has 1 aliphatic heterocycles. The van der Waals surface area contributed by atoms with Crippen molar-refractivity contribution in [1.82, 2.24) is 4.90 Å². The van der Waals surface area contributed by atoms with Crippen LogP contribution in [0.25, 0.3) is 0 Å². The Hall–Kier alpha value is -0.160. The highest BCUT2D eigenvalue weighted by Gasteiger charge is 2.39. The summed E-state index contributed by atoms with van der Waals surface area (Å²) in [6, 6.07) is 0. The zero-order chi connectivity index (χ0) is 10.8. The third-order valence-electron chi connectivity index (χ3n) is 2.88. The average Bonchev–Trinajstić information content (AvgIpc) is 2.02. The number of rotatable bonds is 3. The number of ether oxygens (including phenoxy) is 1. The lowest BCUT2D eigenvalue weighted by molar-refractivity contribution is -0.104. The minimum Gasteiger partial charge on any atom is -0.396 e. The zero-order valence-electron chi connectivity index (χ0n) is 9.42. The van der Waals surface area contributed by atoms with E-state index in [-0.39, 0.29) is 12.1 Å². The smallest absolute Gasteiger partial charge is 0.0686 e. The van der Waals surface area contributed by atoms with Gasteiger partial charge in [0.15, 0.2) is 0 Å². The topological polar surface area (TPSA) is 58.7 Å². The van der Waals surface area contributed by atoms with Crippen molar-refractivity contribution in [3.63, 3.8) is 0 Å². The van der Waals surface area contributed by atoms with Crippen LogP contribution in [0.15, 0.2) is 0 Å². The van der Waals surface area contributed by atoms with E-state index in [0.29, 0.717) is 13.0 Å². The van der Waals surface area contributed by atoms with Crippen molar-refractivity contribution in [2.75, 3.05) is 26.4 Å². The van der Waals surface area contributed by atoms with E-state index in [1.54, 1.807) is 0 Å². The van der Waals surface area contributed by atoms with Gasteiger partial charge in [0.25, 0.3) is 0 Å². The molecule has 0 saturated carbocycles. The molecular weight excluding hydrogens is 180 g/mol. The van der Waals surface area contributed by atoms with Gasteiger partial charge in [0, 0.05) is 25.1 Å². The maximum absolute atomic E-state index is 8.96. The third-order valence-corrected chi connectivity index (χ3v) is 2.88. The lowest BCUT2D eigenvalue weighted by Crippen LogP contribution is -2.66. The first-order valence-corrected chi connectivity index (χ1v) is 5.15. The Balaban J connectivity index is 2.72. The summed E-state index contributed by atoms with van der Waals surface area (Å²) in [4.78, 5) is 2.22. The molecule has 1 saturated heterocycles. The van der Waals surface area contributed by atoms with Gasteiger partial charge in [-0.1, -0.05) is 0 Å². The standard InChI is InChI=1S/C10H22N2O2/c1-9(2)8-14-7-5-12(9)10(3,11)4-6-13/h13H,4-8,11H2,1-3H3. The Bertz CT molecular complexity index is 193. The minimum absolute atomic E-state index is 0.0447. The molecule has 4 nitrogen and oxygen atoms in total. The van der Waals surface area contributed by atoms with Gasteiger partial charge < -0.3 is 15.6 Å². The predicted octanol–water partition coefficient (Wildman–Crippen LogP) is 0.155. The van der Waals surface area contributed by atoms with E-state index in [0.717, 1.165) is 13.2 Å². The quantitative estimate of drug-likeness (QED) is 0.684. The average molecular weight is 202 g/mol. The molecule has 0 aromatic heterocycles. The van der Waals surface area contributed by atoms with E-state index in [4.69, 9.17) is 15.6 Å². The molecule has 84 valence electrons. The summed E-state index contributed by atoms with van der Waals surface area (Å²) in [5.74, 6) is 0. The lowest BCUT2D eigenvalue weighted by atomic mass is 9.95. The molecule has 1 heterocycles. The first-order valence-electron chi connectivity index (χ1n) is 5.15. The normalized spacial score (nSPS) is 27.2. The number of nitrogens with zero attached hydrogens (tertiary/aromatic N) is 1. The molecule has 1 rings (SSSR count). The van der Waals surface area contributed by atoms with Crippen molar-refractivity contribution in [3.8, 4) is 0 Å². The van der Waals surface area contributed by atoms with Gasteiger partial charge in [-0.3, -0.25) is 4.90 Å². The number of aliphatic hydroxyl groups is 1. The van der Waals surface area contributed by atoms with E-state index in [1.807, 2.05) is 6.92 Å². The highest BCUT2D eigenvalue weighted by Crippen LogP contribution is 2.26. The fraction of sp³-hybridized carbons (Fsp3) is 1.00. The van der Waals surface area contributed by atoms with E-state index in [9.17, 15) is 0 Å². The molecule has 0 aromatic rings. The van der Waals surface area contributed by atoms with Crippen molar-refractivity contribution in [1.29, 1.82) is 0 Å². The van der Waals surface area contributed by atoms with Gasteiger partial charge in [-0.25, -0.2) is 0 Å². The number of morpholine rings is 1. The number of aliphatic hydroxyl groups excluding tert-OH is 1. The highest BCUT2D eigenvalue weighted by molar-refractivity contribution is 4.93.